The second-order valence-corrected chi connectivity index (χ2v) is 5.78. The number of hydrogen-bond donors (Lipinski definition) is 0. The number of hydrogen-bond acceptors (Lipinski definition) is 4. The van der Waals surface area contributed by atoms with Crippen LogP contribution >= 0.6 is 0 Å². The van der Waals surface area contributed by atoms with Gasteiger partial charge in [0.1, 0.15) is 5.75 Å². The first-order chi connectivity index (χ1) is 10.8. The molecule has 2 aliphatic heterocycles. The number of para-hydroxylation sites is 1. The number of benzene rings is 1. The Balaban J connectivity index is 1.48. The summed E-state index contributed by atoms with van der Waals surface area (Å²) in [5.74, 6) is 1.36. The van der Waals surface area contributed by atoms with E-state index in [0.29, 0.717) is 23.5 Å². The first-order valence-corrected chi connectivity index (χ1v) is 7.66. The maximum atomic E-state index is 12.6. The zero-order chi connectivity index (χ0) is 14.9. The van der Waals surface area contributed by atoms with Gasteiger partial charge in [0.25, 0.3) is 11.9 Å². The van der Waals surface area contributed by atoms with E-state index >= 15 is 0 Å². The number of piperazine rings is 1. The minimum atomic E-state index is -0.0329. The molecular formula is C17H18N2O3. The summed E-state index contributed by atoms with van der Waals surface area (Å²) in [5.41, 5.74) is 0. The fourth-order valence-corrected chi connectivity index (χ4v) is 3.20. The van der Waals surface area contributed by atoms with Crippen LogP contribution < -0.4 is 4.74 Å². The van der Waals surface area contributed by atoms with Crippen molar-refractivity contribution in [3.63, 3.8) is 0 Å². The summed E-state index contributed by atoms with van der Waals surface area (Å²) in [6.45, 7) is 3.81. The minimum absolute atomic E-state index is 0.0329. The van der Waals surface area contributed by atoms with Crippen LogP contribution in [0, 0.1) is 0 Å². The molecule has 0 spiro atoms. The standard InChI is InChI=1S/C17H18N2O3/c20-17(19-11-10-18-9-8-13(19)12-18)15-6-7-16(22-15)21-14-4-2-1-3-5-14/h1-7,13H,8-12H2. The number of amides is 1. The van der Waals surface area contributed by atoms with E-state index in [2.05, 4.69) is 4.90 Å². The first-order valence-electron chi connectivity index (χ1n) is 7.66. The Morgan fingerprint density at radius 3 is 2.82 bits per heavy atom. The number of fused-ring (bicyclic) bond motifs is 2. The van der Waals surface area contributed by atoms with Gasteiger partial charge in [-0.1, -0.05) is 18.2 Å². The maximum absolute atomic E-state index is 12.6. The van der Waals surface area contributed by atoms with Gasteiger partial charge in [-0.3, -0.25) is 9.69 Å². The van der Waals surface area contributed by atoms with Crippen molar-refractivity contribution in [2.45, 2.75) is 12.5 Å². The fourth-order valence-electron chi connectivity index (χ4n) is 3.20. The van der Waals surface area contributed by atoms with Crippen LogP contribution in [-0.4, -0.2) is 47.9 Å². The van der Waals surface area contributed by atoms with Crippen LogP contribution in [0.3, 0.4) is 0 Å². The third-order valence-electron chi connectivity index (χ3n) is 4.36. The van der Waals surface area contributed by atoms with Crippen molar-refractivity contribution < 1.29 is 13.9 Å². The minimum Gasteiger partial charge on any atom is -0.426 e. The van der Waals surface area contributed by atoms with Gasteiger partial charge in [0.15, 0.2) is 5.76 Å². The highest BCUT2D eigenvalue weighted by molar-refractivity contribution is 5.92. The zero-order valence-corrected chi connectivity index (χ0v) is 12.3. The molecule has 2 unspecified atom stereocenters. The number of ether oxygens (including phenoxy) is 1. The predicted octanol–water partition coefficient (Wildman–Crippen LogP) is 2.60. The fraction of sp³-hybridized carbons (Fsp3) is 0.353. The summed E-state index contributed by atoms with van der Waals surface area (Å²) in [6, 6.07) is 13.1. The molecule has 1 aromatic carbocycles. The number of carbonyl (C=O) groups is 1. The molecule has 2 bridgehead atoms. The van der Waals surface area contributed by atoms with E-state index in [1.807, 2.05) is 35.2 Å². The van der Waals surface area contributed by atoms with Crippen LogP contribution in [-0.2, 0) is 0 Å². The van der Waals surface area contributed by atoms with Crippen molar-refractivity contribution in [3.8, 4) is 11.7 Å². The largest absolute Gasteiger partial charge is 0.426 e. The summed E-state index contributed by atoms with van der Waals surface area (Å²) in [5, 5.41) is 0. The van der Waals surface area contributed by atoms with Crippen molar-refractivity contribution in [2.75, 3.05) is 26.2 Å². The van der Waals surface area contributed by atoms with Crippen LogP contribution in [0.25, 0.3) is 0 Å². The van der Waals surface area contributed by atoms with E-state index < -0.39 is 0 Å². The highest BCUT2D eigenvalue weighted by Gasteiger charge is 2.36. The van der Waals surface area contributed by atoms with E-state index in [-0.39, 0.29) is 5.91 Å². The molecule has 5 nitrogen and oxygen atoms in total. The molecule has 2 aliphatic rings. The third kappa shape index (κ3) is 2.48. The topological polar surface area (TPSA) is 45.9 Å². The molecule has 0 aliphatic carbocycles. The summed E-state index contributed by atoms with van der Waals surface area (Å²) >= 11 is 0. The summed E-state index contributed by atoms with van der Waals surface area (Å²) in [6.07, 6.45) is 1.06. The van der Waals surface area contributed by atoms with E-state index in [0.717, 1.165) is 32.6 Å². The Kier molecular flexibility index (Phi) is 3.35. The summed E-state index contributed by atoms with van der Waals surface area (Å²) < 4.78 is 11.2. The molecule has 0 saturated carbocycles. The molecule has 2 fully saturated rings. The van der Waals surface area contributed by atoms with Crippen molar-refractivity contribution in [1.82, 2.24) is 9.80 Å². The molecule has 2 aromatic rings. The van der Waals surface area contributed by atoms with E-state index in [1.165, 1.54) is 0 Å². The molecule has 22 heavy (non-hydrogen) atoms. The van der Waals surface area contributed by atoms with Gasteiger partial charge in [-0.15, -0.1) is 0 Å². The van der Waals surface area contributed by atoms with Crippen molar-refractivity contribution in [1.29, 1.82) is 0 Å². The molecule has 114 valence electrons. The van der Waals surface area contributed by atoms with Gasteiger partial charge in [0, 0.05) is 38.3 Å². The van der Waals surface area contributed by atoms with E-state index in [1.54, 1.807) is 12.1 Å². The van der Waals surface area contributed by atoms with Crippen LogP contribution in [0.15, 0.2) is 46.9 Å². The lowest BCUT2D eigenvalue weighted by Crippen LogP contribution is -2.49. The van der Waals surface area contributed by atoms with Crippen LogP contribution in [0.1, 0.15) is 17.0 Å². The zero-order valence-electron chi connectivity index (χ0n) is 12.3. The molecule has 1 amide bonds. The second-order valence-electron chi connectivity index (χ2n) is 5.78. The SMILES string of the molecule is O=C(c1ccc(Oc2ccccc2)o1)N1CCN2CCC1C2. The molecule has 2 saturated heterocycles. The molecule has 1 aromatic heterocycles. The molecule has 4 rings (SSSR count). The number of carbonyl (C=O) groups excluding carboxylic acids is 1. The van der Waals surface area contributed by atoms with Crippen molar-refractivity contribution in [3.05, 3.63) is 48.2 Å². The monoisotopic (exact) mass is 298 g/mol. The van der Waals surface area contributed by atoms with Crippen molar-refractivity contribution in [2.24, 2.45) is 0 Å². The Morgan fingerprint density at radius 2 is 1.95 bits per heavy atom. The van der Waals surface area contributed by atoms with Gasteiger partial charge in [0.05, 0.1) is 0 Å². The smallest absolute Gasteiger partial charge is 0.290 e. The lowest BCUT2D eigenvalue weighted by molar-refractivity contribution is 0.0573. The Morgan fingerprint density at radius 1 is 1.09 bits per heavy atom. The lowest BCUT2D eigenvalue weighted by Gasteiger charge is -2.33. The molecular weight excluding hydrogens is 280 g/mol. The van der Waals surface area contributed by atoms with Gasteiger partial charge in [-0.25, -0.2) is 0 Å². The van der Waals surface area contributed by atoms with E-state index in [9.17, 15) is 4.79 Å². The van der Waals surface area contributed by atoms with Gasteiger partial charge in [-0.05, 0) is 24.6 Å². The third-order valence-corrected chi connectivity index (χ3v) is 4.36. The van der Waals surface area contributed by atoms with Gasteiger partial charge in [0.2, 0.25) is 0 Å². The summed E-state index contributed by atoms with van der Waals surface area (Å²) in [4.78, 5) is 17.0. The van der Waals surface area contributed by atoms with Gasteiger partial charge in [-0.2, -0.15) is 0 Å². The van der Waals surface area contributed by atoms with Crippen LogP contribution in [0.5, 0.6) is 11.7 Å². The molecule has 0 radical (unpaired) electrons. The highest BCUT2D eigenvalue weighted by atomic mass is 16.6. The molecule has 3 heterocycles. The second kappa shape index (κ2) is 5.50. The Bertz CT molecular complexity index is 668. The van der Waals surface area contributed by atoms with Gasteiger partial charge >= 0.3 is 0 Å². The molecule has 5 heteroatoms. The van der Waals surface area contributed by atoms with Gasteiger partial charge < -0.3 is 14.1 Å². The van der Waals surface area contributed by atoms with Crippen LogP contribution in [0.4, 0.5) is 0 Å². The average Bonchev–Trinajstić information content (AvgIpc) is 3.15. The molecule has 2 atom stereocenters. The predicted molar refractivity (Wildman–Crippen MR) is 81.1 cm³/mol. The summed E-state index contributed by atoms with van der Waals surface area (Å²) in [7, 11) is 0. The number of furan rings is 1. The average molecular weight is 298 g/mol. The van der Waals surface area contributed by atoms with E-state index in [4.69, 9.17) is 9.15 Å². The Hall–Kier alpha value is -2.27. The lowest BCUT2D eigenvalue weighted by atomic mass is 10.2. The number of nitrogens with zero attached hydrogens (tertiary/aromatic N) is 2. The Labute approximate surface area is 129 Å². The van der Waals surface area contributed by atoms with Crippen molar-refractivity contribution >= 4 is 5.91 Å². The highest BCUT2D eigenvalue weighted by Crippen LogP contribution is 2.27. The number of rotatable bonds is 3. The quantitative estimate of drug-likeness (QED) is 0.874. The maximum Gasteiger partial charge on any atom is 0.290 e. The van der Waals surface area contributed by atoms with Crippen LogP contribution in [0.2, 0.25) is 0 Å². The molecule has 0 N–H and O–H groups in total. The first kappa shape index (κ1) is 13.4. The normalized spacial score (nSPS) is 23.5.